The predicted molar refractivity (Wildman–Crippen MR) is 108 cm³/mol. The lowest BCUT2D eigenvalue weighted by Crippen LogP contribution is -2.48. The average Bonchev–Trinajstić information content (AvgIpc) is 3.02. The Morgan fingerprint density at radius 2 is 1.67 bits per heavy atom. The monoisotopic (exact) mass is 397 g/mol. The van der Waals surface area contributed by atoms with E-state index >= 15 is 0 Å². The maximum absolute atomic E-state index is 13.6. The van der Waals surface area contributed by atoms with Crippen LogP contribution < -0.4 is 10.1 Å². The topological polar surface area (TPSA) is 55.4 Å². The molecule has 0 fully saturated rings. The van der Waals surface area contributed by atoms with E-state index in [1.165, 1.54) is 11.3 Å². The zero-order valence-electron chi connectivity index (χ0n) is 14.7. The van der Waals surface area contributed by atoms with Crippen LogP contribution in [0.1, 0.15) is 22.8 Å². The van der Waals surface area contributed by atoms with Gasteiger partial charge in [-0.05, 0) is 30.2 Å². The van der Waals surface area contributed by atoms with Crippen LogP contribution in [0.25, 0.3) is 11.1 Å². The molecular weight excluding hydrogens is 382 g/mol. The Balaban J connectivity index is 1.89. The van der Waals surface area contributed by atoms with Crippen LogP contribution in [-0.4, -0.2) is 18.8 Å². The standard InChI is InChI=1S/C21H16ClNO3S/c1-21(13-8-10-14(26-2)11-9-13)17(24)16-15(12-6-4-3-5-7-12)18(22)27-19(16)23-20(21)25/h3-11H,1-2H3,(H,23,25). The summed E-state index contributed by atoms with van der Waals surface area (Å²) in [4.78, 5) is 26.5. The van der Waals surface area contributed by atoms with E-state index < -0.39 is 5.41 Å². The van der Waals surface area contributed by atoms with Gasteiger partial charge >= 0.3 is 0 Å². The van der Waals surface area contributed by atoms with Gasteiger partial charge in [-0.2, -0.15) is 0 Å². The number of hydrogen-bond acceptors (Lipinski definition) is 4. The Bertz CT molecular complexity index is 1040. The summed E-state index contributed by atoms with van der Waals surface area (Å²) < 4.78 is 5.66. The van der Waals surface area contributed by atoms with E-state index in [-0.39, 0.29) is 11.7 Å². The third-order valence-corrected chi connectivity index (χ3v) is 6.27. The molecule has 4 nitrogen and oxygen atoms in total. The highest BCUT2D eigenvalue weighted by Crippen LogP contribution is 2.49. The number of Topliss-reactive ketones (excluding diaryl/α,β-unsaturated/α-hetero) is 1. The molecule has 0 spiro atoms. The molecule has 1 atom stereocenters. The molecule has 0 saturated heterocycles. The number of ketones is 1. The molecule has 1 N–H and O–H groups in total. The minimum atomic E-state index is -1.34. The summed E-state index contributed by atoms with van der Waals surface area (Å²) >= 11 is 7.67. The smallest absolute Gasteiger partial charge is 0.243 e. The summed E-state index contributed by atoms with van der Waals surface area (Å²) in [6.07, 6.45) is 0. The predicted octanol–water partition coefficient (Wildman–Crippen LogP) is 5.17. The number of fused-ring (bicyclic) bond motifs is 1. The third-order valence-electron chi connectivity index (χ3n) is 4.96. The fraction of sp³-hybridized carbons (Fsp3) is 0.143. The average molecular weight is 398 g/mol. The van der Waals surface area contributed by atoms with Crippen LogP contribution in [0, 0.1) is 0 Å². The lowest BCUT2D eigenvalue weighted by Gasteiger charge is -2.32. The van der Waals surface area contributed by atoms with Gasteiger partial charge in [-0.25, -0.2) is 0 Å². The first kappa shape index (κ1) is 17.8. The van der Waals surface area contributed by atoms with Crippen LogP contribution in [0.15, 0.2) is 54.6 Å². The quantitative estimate of drug-likeness (QED) is 0.620. The Hall–Kier alpha value is -2.63. The van der Waals surface area contributed by atoms with Crippen molar-refractivity contribution >= 4 is 39.6 Å². The van der Waals surface area contributed by atoms with Crippen LogP contribution in [0.5, 0.6) is 5.75 Å². The molecule has 3 aromatic rings. The van der Waals surface area contributed by atoms with E-state index in [4.69, 9.17) is 16.3 Å². The molecule has 4 rings (SSSR count). The van der Waals surface area contributed by atoms with Gasteiger partial charge in [0, 0.05) is 5.56 Å². The van der Waals surface area contributed by atoms with Crippen molar-refractivity contribution in [1.82, 2.24) is 0 Å². The summed E-state index contributed by atoms with van der Waals surface area (Å²) in [7, 11) is 1.57. The molecule has 136 valence electrons. The van der Waals surface area contributed by atoms with E-state index in [0.29, 0.717) is 31.8 Å². The van der Waals surface area contributed by atoms with Gasteiger partial charge in [0.15, 0.2) is 5.78 Å². The third kappa shape index (κ3) is 2.66. The van der Waals surface area contributed by atoms with Crippen LogP contribution in [0.3, 0.4) is 0 Å². The molecule has 1 aliphatic rings. The van der Waals surface area contributed by atoms with E-state index in [1.54, 1.807) is 38.3 Å². The number of benzene rings is 2. The zero-order valence-corrected chi connectivity index (χ0v) is 16.3. The van der Waals surface area contributed by atoms with Gasteiger partial charge in [-0.15, -0.1) is 11.3 Å². The van der Waals surface area contributed by atoms with E-state index in [0.717, 1.165) is 5.56 Å². The number of thiophene rings is 1. The van der Waals surface area contributed by atoms with Crippen molar-refractivity contribution in [2.45, 2.75) is 12.3 Å². The molecule has 1 unspecified atom stereocenters. The first-order valence-corrected chi connectivity index (χ1v) is 9.54. The van der Waals surface area contributed by atoms with Gasteiger partial charge < -0.3 is 10.1 Å². The molecule has 1 aliphatic heterocycles. The lowest BCUT2D eigenvalue weighted by molar-refractivity contribution is -0.119. The maximum Gasteiger partial charge on any atom is 0.243 e. The van der Waals surface area contributed by atoms with Crippen molar-refractivity contribution < 1.29 is 14.3 Å². The molecule has 2 heterocycles. The second-order valence-electron chi connectivity index (χ2n) is 6.46. The molecular formula is C21H16ClNO3S. The molecule has 0 radical (unpaired) electrons. The van der Waals surface area contributed by atoms with Gasteiger partial charge in [0.05, 0.1) is 12.7 Å². The van der Waals surface area contributed by atoms with E-state index in [1.807, 2.05) is 30.3 Å². The van der Waals surface area contributed by atoms with Crippen LogP contribution in [-0.2, 0) is 10.2 Å². The number of methoxy groups -OCH3 is 1. The highest BCUT2D eigenvalue weighted by atomic mass is 35.5. The van der Waals surface area contributed by atoms with Crippen LogP contribution in [0.2, 0.25) is 4.34 Å². The molecule has 0 bridgehead atoms. The second kappa shape index (κ2) is 6.51. The van der Waals surface area contributed by atoms with E-state index in [2.05, 4.69) is 5.32 Å². The van der Waals surface area contributed by atoms with Crippen molar-refractivity contribution in [3.05, 3.63) is 70.1 Å². The van der Waals surface area contributed by atoms with Crippen molar-refractivity contribution in [2.75, 3.05) is 12.4 Å². The fourth-order valence-corrected chi connectivity index (χ4v) is 4.72. The molecule has 6 heteroatoms. The van der Waals surface area contributed by atoms with Crippen molar-refractivity contribution in [1.29, 1.82) is 0 Å². The van der Waals surface area contributed by atoms with Gasteiger partial charge in [-0.1, -0.05) is 54.1 Å². The van der Waals surface area contributed by atoms with Gasteiger partial charge in [0.2, 0.25) is 5.91 Å². The number of carbonyl (C=O) groups is 2. The number of rotatable bonds is 3. The maximum atomic E-state index is 13.6. The first-order valence-electron chi connectivity index (χ1n) is 8.35. The highest BCUT2D eigenvalue weighted by molar-refractivity contribution is 7.21. The van der Waals surface area contributed by atoms with Gasteiger partial charge in [-0.3, -0.25) is 9.59 Å². The normalized spacial score (nSPS) is 18.8. The number of hydrogen-bond donors (Lipinski definition) is 1. The first-order chi connectivity index (χ1) is 13.0. The Kier molecular flexibility index (Phi) is 4.29. The summed E-state index contributed by atoms with van der Waals surface area (Å²) in [5.41, 5.74) is 1.25. The Labute approximate surface area is 165 Å². The summed E-state index contributed by atoms with van der Waals surface area (Å²) in [6, 6.07) is 16.5. The van der Waals surface area contributed by atoms with Crippen molar-refractivity contribution in [2.24, 2.45) is 0 Å². The molecule has 0 aliphatic carbocycles. The number of halogens is 1. The van der Waals surface area contributed by atoms with Gasteiger partial charge in [0.1, 0.15) is 20.5 Å². The summed E-state index contributed by atoms with van der Waals surface area (Å²) in [5.74, 6) is 0.0476. The lowest BCUT2D eigenvalue weighted by atomic mass is 9.73. The largest absolute Gasteiger partial charge is 0.497 e. The minimum absolute atomic E-state index is 0.256. The SMILES string of the molecule is COc1ccc(C2(C)C(=O)Nc3sc(Cl)c(-c4ccccc4)c3C2=O)cc1. The Morgan fingerprint density at radius 1 is 1.00 bits per heavy atom. The molecule has 1 aromatic heterocycles. The van der Waals surface area contributed by atoms with Crippen molar-refractivity contribution in [3.8, 4) is 16.9 Å². The molecule has 1 amide bonds. The number of ether oxygens (including phenoxy) is 1. The summed E-state index contributed by atoms with van der Waals surface area (Å²) in [6.45, 7) is 1.65. The van der Waals surface area contributed by atoms with E-state index in [9.17, 15) is 9.59 Å². The van der Waals surface area contributed by atoms with Crippen LogP contribution in [0.4, 0.5) is 5.00 Å². The number of carbonyl (C=O) groups excluding carboxylic acids is 2. The molecule has 0 saturated carbocycles. The fourth-order valence-electron chi connectivity index (χ4n) is 3.34. The number of amides is 1. The highest BCUT2D eigenvalue weighted by Gasteiger charge is 2.49. The van der Waals surface area contributed by atoms with Gasteiger partial charge in [0.25, 0.3) is 0 Å². The second-order valence-corrected chi connectivity index (χ2v) is 8.08. The van der Waals surface area contributed by atoms with Crippen molar-refractivity contribution in [3.63, 3.8) is 0 Å². The number of anilines is 1. The zero-order chi connectivity index (χ0) is 19.2. The molecule has 27 heavy (non-hydrogen) atoms. The molecule has 2 aromatic carbocycles. The number of nitrogens with one attached hydrogen (secondary N) is 1. The minimum Gasteiger partial charge on any atom is -0.497 e. The van der Waals surface area contributed by atoms with Crippen LogP contribution >= 0.6 is 22.9 Å². The summed E-state index contributed by atoms with van der Waals surface area (Å²) in [5, 5.41) is 3.38. The Morgan fingerprint density at radius 3 is 2.30 bits per heavy atom.